The third kappa shape index (κ3) is 8.83. The number of carbonyl (C=O) groups is 1. The molecule has 0 aliphatic carbocycles. The van der Waals surface area contributed by atoms with E-state index in [2.05, 4.69) is 10.1 Å². The second-order valence-electron chi connectivity index (χ2n) is 4.38. The van der Waals surface area contributed by atoms with Gasteiger partial charge >= 0.3 is 12.1 Å². The summed E-state index contributed by atoms with van der Waals surface area (Å²) in [7, 11) is 1.23. The third-order valence-electron chi connectivity index (χ3n) is 2.51. The zero-order valence-corrected chi connectivity index (χ0v) is 11.7. The third-order valence-corrected chi connectivity index (χ3v) is 2.51. The summed E-state index contributed by atoms with van der Waals surface area (Å²) in [6.45, 7) is 3.56. The second-order valence-corrected chi connectivity index (χ2v) is 4.38. The molecule has 0 spiro atoms. The Labute approximate surface area is 112 Å². The van der Waals surface area contributed by atoms with Crippen molar-refractivity contribution in [1.29, 1.82) is 0 Å². The Morgan fingerprint density at radius 1 is 1.32 bits per heavy atom. The van der Waals surface area contributed by atoms with Gasteiger partial charge in [-0.25, -0.2) is 0 Å². The number of rotatable bonds is 9. The minimum atomic E-state index is -4.26. The molecule has 1 unspecified atom stereocenters. The van der Waals surface area contributed by atoms with Gasteiger partial charge in [-0.3, -0.25) is 9.69 Å². The molecule has 0 saturated carbocycles. The summed E-state index contributed by atoms with van der Waals surface area (Å²) in [5.41, 5.74) is 0. The van der Waals surface area contributed by atoms with Crippen molar-refractivity contribution in [2.45, 2.75) is 38.9 Å². The predicted molar refractivity (Wildman–Crippen MR) is 66.9 cm³/mol. The minimum absolute atomic E-state index is 0.0000231. The molecule has 0 aromatic heterocycles. The number of methoxy groups -OCH3 is 1. The lowest BCUT2D eigenvalue weighted by molar-refractivity contribution is -0.153. The van der Waals surface area contributed by atoms with Gasteiger partial charge in [-0.2, -0.15) is 13.2 Å². The van der Waals surface area contributed by atoms with E-state index >= 15 is 0 Å². The number of hydrogen-bond acceptors (Lipinski definition) is 4. The average molecular weight is 284 g/mol. The summed E-state index contributed by atoms with van der Waals surface area (Å²) in [6, 6.07) is -0.723. The molecule has 0 aromatic rings. The molecule has 0 radical (unpaired) electrons. The van der Waals surface area contributed by atoms with E-state index in [0.717, 1.165) is 6.42 Å². The maximum absolute atomic E-state index is 12.4. The van der Waals surface area contributed by atoms with Gasteiger partial charge in [-0.05, 0) is 25.9 Å². The molecule has 0 rings (SSSR count). The monoisotopic (exact) mass is 284 g/mol. The molecule has 0 bridgehead atoms. The first-order chi connectivity index (χ1) is 8.84. The number of halogens is 3. The summed E-state index contributed by atoms with van der Waals surface area (Å²) in [4.78, 5) is 12.8. The fraction of sp³-hybridized carbons (Fsp3) is 0.917. The summed E-state index contributed by atoms with van der Waals surface area (Å²) in [5, 5.41) is 2.91. The number of nitrogens with one attached hydrogen (secondary N) is 1. The van der Waals surface area contributed by atoms with Crippen molar-refractivity contribution < 1.29 is 22.7 Å². The Bertz CT molecular complexity index is 260. The minimum Gasteiger partial charge on any atom is -0.468 e. The van der Waals surface area contributed by atoms with Crippen molar-refractivity contribution in [3.05, 3.63) is 0 Å². The summed E-state index contributed by atoms with van der Waals surface area (Å²) in [6.07, 6.45) is -2.88. The van der Waals surface area contributed by atoms with Crippen molar-refractivity contribution in [3.8, 4) is 0 Å². The van der Waals surface area contributed by atoms with Crippen molar-refractivity contribution in [1.82, 2.24) is 10.2 Å². The lowest BCUT2D eigenvalue weighted by Gasteiger charge is -2.27. The number of carbonyl (C=O) groups excluding carboxylic acids is 1. The van der Waals surface area contributed by atoms with Gasteiger partial charge in [0.15, 0.2) is 0 Å². The van der Waals surface area contributed by atoms with Gasteiger partial charge in [0.05, 0.1) is 13.7 Å². The van der Waals surface area contributed by atoms with E-state index in [1.165, 1.54) is 12.0 Å². The van der Waals surface area contributed by atoms with Crippen LogP contribution in [0, 0.1) is 0 Å². The molecule has 0 aliphatic rings. The second kappa shape index (κ2) is 9.14. The molecule has 0 saturated heterocycles. The highest BCUT2D eigenvalue weighted by Crippen LogP contribution is 2.17. The summed E-state index contributed by atoms with van der Waals surface area (Å²) < 4.78 is 41.9. The molecule has 0 fully saturated rings. The molecular formula is C12H23F3N2O2. The molecule has 0 aliphatic heterocycles. The number of esters is 1. The molecule has 114 valence electrons. The normalized spacial score (nSPS) is 13.6. The largest absolute Gasteiger partial charge is 0.468 e. The fourth-order valence-electron chi connectivity index (χ4n) is 1.75. The van der Waals surface area contributed by atoms with Crippen LogP contribution in [-0.4, -0.2) is 56.4 Å². The SMILES string of the molecule is CCCNC(CN(CCC)CC(F)(F)F)C(=O)OC. The van der Waals surface area contributed by atoms with E-state index in [0.29, 0.717) is 19.5 Å². The highest BCUT2D eigenvalue weighted by atomic mass is 19.4. The maximum atomic E-state index is 12.4. The Kier molecular flexibility index (Phi) is 8.75. The zero-order valence-electron chi connectivity index (χ0n) is 11.7. The Balaban J connectivity index is 4.58. The summed E-state index contributed by atoms with van der Waals surface area (Å²) in [5.74, 6) is -0.531. The molecule has 1 atom stereocenters. The van der Waals surface area contributed by atoms with Gasteiger partial charge in [0.25, 0.3) is 0 Å². The Morgan fingerprint density at radius 2 is 1.95 bits per heavy atom. The summed E-state index contributed by atoms with van der Waals surface area (Å²) >= 11 is 0. The first-order valence-corrected chi connectivity index (χ1v) is 6.44. The average Bonchev–Trinajstić information content (AvgIpc) is 2.31. The van der Waals surface area contributed by atoms with Crippen molar-refractivity contribution in [2.24, 2.45) is 0 Å². The van der Waals surface area contributed by atoms with E-state index in [1.807, 2.05) is 6.92 Å². The number of ether oxygens (including phenoxy) is 1. The number of hydrogen-bond donors (Lipinski definition) is 1. The van der Waals surface area contributed by atoms with Crippen molar-refractivity contribution in [3.63, 3.8) is 0 Å². The van der Waals surface area contributed by atoms with E-state index in [1.54, 1.807) is 6.92 Å². The van der Waals surface area contributed by atoms with Crippen LogP contribution in [0.3, 0.4) is 0 Å². The molecule has 19 heavy (non-hydrogen) atoms. The van der Waals surface area contributed by atoms with Crippen LogP contribution in [0.25, 0.3) is 0 Å². The van der Waals surface area contributed by atoms with E-state index in [-0.39, 0.29) is 6.54 Å². The van der Waals surface area contributed by atoms with Crippen LogP contribution in [0.4, 0.5) is 13.2 Å². The quantitative estimate of drug-likeness (QED) is 0.656. The molecular weight excluding hydrogens is 261 g/mol. The van der Waals surface area contributed by atoms with Gasteiger partial charge in [-0.1, -0.05) is 13.8 Å². The fourth-order valence-corrected chi connectivity index (χ4v) is 1.75. The van der Waals surface area contributed by atoms with Crippen LogP contribution < -0.4 is 5.32 Å². The highest BCUT2D eigenvalue weighted by molar-refractivity contribution is 5.75. The van der Waals surface area contributed by atoms with Crippen LogP contribution >= 0.6 is 0 Å². The van der Waals surface area contributed by atoms with Gasteiger partial charge in [0.1, 0.15) is 6.04 Å². The smallest absolute Gasteiger partial charge is 0.401 e. The van der Waals surface area contributed by atoms with E-state index in [9.17, 15) is 18.0 Å². The molecule has 0 amide bonds. The van der Waals surface area contributed by atoms with Crippen LogP contribution in [0.2, 0.25) is 0 Å². The van der Waals surface area contributed by atoms with E-state index in [4.69, 9.17) is 0 Å². The van der Waals surface area contributed by atoms with Gasteiger partial charge in [0.2, 0.25) is 0 Å². The highest BCUT2D eigenvalue weighted by Gasteiger charge is 2.32. The zero-order chi connectivity index (χ0) is 14.9. The van der Waals surface area contributed by atoms with Crippen molar-refractivity contribution in [2.75, 3.05) is 33.3 Å². The van der Waals surface area contributed by atoms with Crippen LogP contribution in [-0.2, 0) is 9.53 Å². The van der Waals surface area contributed by atoms with Crippen LogP contribution in [0.15, 0.2) is 0 Å². The lowest BCUT2D eigenvalue weighted by Crippen LogP contribution is -2.49. The van der Waals surface area contributed by atoms with Crippen molar-refractivity contribution >= 4 is 5.97 Å². The molecule has 1 N–H and O–H groups in total. The number of nitrogens with zero attached hydrogens (tertiary/aromatic N) is 1. The van der Waals surface area contributed by atoms with Crippen LogP contribution in [0.1, 0.15) is 26.7 Å². The van der Waals surface area contributed by atoms with E-state index < -0.39 is 24.7 Å². The Morgan fingerprint density at radius 3 is 2.37 bits per heavy atom. The molecule has 4 nitrogen and oxygen atoms in total. The van der Waals surface area contributed by atoms with Gasteiger partial charge in [-0.15, -0.1) is 0 Å². The van der Waals surface area contributed by atoms with Gasteiger partial charge in [0, 0.05) is 6.54 Å². The topological polar surface area (TPSA) is 41.6 Å². The van der Waals surface area contributed by atoms with Crippen LogP contribution in [0.5, 0.6) is 0 Å². The predicted octanol–water partition coefficient (Wildman–Crippen LogP) is 1.80. The van der Waals surface area contributed by atoms with Gasteiger partial charge < -0.3 is 10.1 Å². The molecule has 0 heterocycles. The first-order valence-electron chi connectivity index (χ1n) is 6.44. The number of alkyl halides is 3. The molecule has 0 aromatic carbocycles. The molecule has 7 heteroatoms. The first kappa shape index (κ1) is 18.2. The maximum Gasteiger partial charge on any atom is 0.401 e. The lowest BCUT2D eigenvalue weighted by atomic mass is 10.2. The Hall–Kier alpha value is -0.820. The standard InChI is InChI=1S/C12H23F3N2O2/c1-4-6-16-10(11(18)19-3)8-17(7-5-2)9-12(13,14)15/h10,16H,4-9H2,1-3H3.